The van der Waals surface area contributed by atoms with E-state index in [1.54, 1.807) is 25.7 Å². The molecular weight excluding hydrogens is 666 g/mol. The highest BCUT2D eigenvalue weighted by Crippen LogP contribution is 2.45. The molecule has 3 aliphatic heterocycles. The van der Waals surface area contributed by atoms with E-state index in [1.807, 2.05) is 30.4 Å². The summed E-state index contributed by atoms with van der Waals surface area (Å²) in [6, 6.07) is 3.51. The van der Waals surface area contributed by atoms with Gasteiger partial charge in [-0.1, -0.05) is 57.2 Å². The standard InChI is InChI=1S/C35H45N5O9S/c1-5-23-17-35(23,31(43)38-50(46,47)25-13-14-25)37-29(41)27-16-24-19-40(27)30(42)28(34(2,3)4)36-32(44)48-15-8-6-7-10-21-11-9-12-22-18-39(20-26(21)22)33(45)49-24/h5,7,9-12,23-25,27-28H,1,6,8,13-20H2,2-4H3,(H,36,44)(H,37,41)(H,38,43)/b10-7-/t23-,24-,27+,28-,35-/m1/s1. The molecule has 14 nitrogen and oxygen atoms in total. The minimum Gasteiger partial charge on any atom is -0.450 e. The van der Waals surface area contributed by atoms with Crippen LogP contribution < -0.4 is 15.4 Å². The molecular formula is C35H45N5O9S. The average molecular weight is 712 g/mol. The summed E-state index contributed by atoms with van der Waals surface area (Å²) in [4.78, 5) is 71.1. The lowest BCUT2D eigenvalue weighted by molar-refractivity contribution is -0.142. The van der Waals surface area contributed by atoms with E-state index in [1.165, 1.54) is 11.0 Å². The molecule has 50 heavy (non-hydrogen) atoms. The molecule has 0 spiro atoms. The minimum atomic E-state index is -3.90. The number of sulfonamides is 1. The fourth-order valence-corrected chi connectivity index (χ4v) is 8.26. The maximum Gasteiger partial charge on any atom is 0.410 e. The Morgan fingerprint density at radius 3 is 2.58 bits per heavy atom. The molecule has 270 valence electrons. The normalized spacial score (nSPS) is 29.4. The van der Waals surface area contributed by atoms with E-state index >= 15 is 0 Å². The Morgan fingerprint density at radius 2 is 1.90 bits per heavy atom. The van der Waals surface area contributed by atoms with E-state index < -0.39 is 80.2 Å². The fourth-order valence-electron chi connectivity index (χ4n) is 6.89. The summed E-state index contributed by atoms with van der Waals surface area (Å²) < 4.78 is 38.7. The first-order valence-corrected chi connectivity index (χ1v) is 18.6. The number of carbonyl (C=O) groups excluding carboxylic acids is 5. The third kappa shape index (κ3) is 7.23. The van der Waals surface area contributed by atoms with Crippen LogP contribution in [0.3, 0.4) is 0 Å². The predicted molar refractivity (Wildman–Crippen MR) is 181 cm³/mol. The van der Waals surface area contributed by atoms with E-state index in [0.717, 1.165) is 16.7 Å². The topological polar surface area (TPSA) is 181 Å². The molecule has 3 fully saturated rings. The lowest BCUT2D eigenvalue weighted by Crippen LogP contribution is -2.60. The van der Waals surface area contributed by atoms with Gasteiger partial charge in [0.25, 0.3) is 5.91 Å². The zero-order valence-corrected chi connectivity index (χ0v) is 29.4. The summed E-state index contributed by atoms with van der Waals surface area (Å²) in [6.45, 7) is 9.65. The van der Waals surface area contributed by atoms with Gasteiger partial charge in [-0.15, -0.1) is 6.58 Å². The van der Waals surface area contributed by atoms with Crippen LogP contribution in [0.25, 0.3) is 6.08 Å². The molecule has 6 rings (SSSR count). The molecule has 2 saturated carbocycles. The van der Waals surface area contributed by atoms with Gasteiger partial charge in [0, 0.05) is 18.9 Å². The lowest BCUT2D eigenvalue weighted by Gasteiger charge is -2.35. The van der Waals surface area contributed by atoms with Crippen LogP contribution in [-0.2, 0) is 47.0 Å². The number of rotatable bonds is 6. The monoisotopic (exact) mass is 711 g/mol. The molecule has 1 aromatic rings. The highest BCUT2D eigenvalue weighted by molar-refractivity contribution is 7.91. The Labute approximate surface area is 292 Å². The van der Waals surface area contributed by atoms with E-state index in [4.69, 9.17) is 9.47 Å². The number of allylic oxidation sites excluding steroid dienone is 1. The van der Waals surface area contributed by atoms with Gasteiger partial charge in [0.15, 0.2) is 0 Å². The van der Waals surface area contributed by atoms with Gasteiger partial charge in [0.2, 0.25) is 21.8 Å². The van der Waals surface area contributed by atoms with Crippen molar-refractivity contribution in [1.82, 2.24) is 25.2 Å². The van der Waals surface area contributed by atoms with E-state index in [0.29, 0.717) is 38.8 Å². The number of fused-ring (bicyclic) bond motifs is 3. The van der Waals surface area contributed by atoms with Crippen molar-refractivity contribution in [1.29, 1.82) is 0 Å². The third-order valence-electron chi connectivity index (χ3n) is 10.1. The van der Waals surface area contributed by atoms with E-state index in [2.05, 4.69) is 21.9 Å². The van der Waals surface area contributed by atoms with Crippen molar-refractivity contribution in [2.45, 2.75) is 101 Å². The summed E-state index contributed by atoms with van der Waals surface area (Å²) in [7, 11) is -3.90. The maximum absolute atomic E-state index is 14.3. The van der Waals surface area contributed by atoms with Gasteiger partial charge in [0.05, 0.1) is 24.9 Å². The van der Waals surface area contributed by atoms with Gasteiger partial charge in [-0.3, -0.25) is 24.0 Å². The average Bonchev–Trinajstić information content (AvgIpc) is 3.94. The lowest BCUT2D eigenvalue weighted by atomic mass is 9.85. The van der Waals surface area contributed by atoms with Crippen molar-refractivity contribution in [3.8, 4) is 0 Å². The molecule has 4 bridgehead atoms. The minimum absolute atomic E-state index is 0.0871. The first-order chi connectivity index (χ1) is 23.6. The third-order valence-corrected chi connectivity index (χ3v) is 11.9. The fraction of sp³-hybridized carbons (Fsp3) is 0.571. The summed E-state index contributed by atoms with van der Waals surface area (Å²) in [6.07, 6.45) is 5.28. The quantitative estimate of drug-likeness (QED) is 0.374. The molecule has 3 N–H and O–H groups in total. The zero-order valence-electron chi connectivity index (χ0n) is 28.6. The van der Waals surface area contributed by atoms with Crippen molar-refractivity contribution in [3.05, 3.63) is 53.6 Å². The van der Waals surface area contributed by atoms with Crippen molar-refractivity contribution >= 4 is 46.0 Å². The first kappa shape index (κ1) is 35.4. The van der Waals surface area contributed by atoms with Gasteiger partial charge in [-0.2, -0.15) is 0 Å². The van der Waals surface area contributed by atoms with Crippen LogP contribution in [-0.4, -0.2) is 90.3 Å². The van der Waals surface area contributed by atoms with Crippen LogP contribution >= 0.6 is 0 Å². The molecule has 1 saturated heterocycles. The van der Waals surface area contributed by atoms with E-state index in [9.17, 15) is 32.4 Å². The van der Waals surface area contributed by atoms with E-state index in [-0.39, 0.29) is 26.0 Å². The second-order valence-electron chi connectivity index (χ2n) is 14.9. The Balaban J connectivity index is 1.27. The second kappa shape index (κ2) is 13.4. The number of hydrogen-bond donors (Lipinski definition) is 3. The second-order valence-corrected chi connectivity index (χ2v) is 16.9. The van der Waals surface area contributed by atoms with Crippen molar-refractivity contribution < 1.29 is 41.9 Å². The first-order valence-electron chi connectivity index (χ1n) is 17.1. The highest BCUT2D eigenvalue weighted by atomic mass is 32.2. The largest absolute Gasteiger partial charge is 0.450 e. The molecule has 3 heterocycles. The SMILES string of the molecule is C=C[C@@H]1C[C@]1(NC(=O)[C@@H]1C[C@@H]2CN1C(=O)[C@H](C(C)(C)C)NC(=O)OCCC/C=C\c1cccc3c1CN(C3)C(=O)O2)C(=O)NS(=O)(=O)C1CC1. The number of amides is 5. The molecule has 15 heteroatoms. The van der Waals surface area contributed by atoms with Crippen LogP contribution in [0.4, 0.5) is 9.59 Å². The van der Waals surface area contributed by atoms with Crippen LogP contribution in [0.2, 0.25) is 0 Å². The smallest absolute Gasteiger partial charge is 0.410 e. The molecule has 0 unspecified atom stereocenters. The molecule has 5 aliphatic rings. The van der Waals surface area contributed by atoms with Crippen molar-refractivity contribution in [3.63, 3.8) is 0 Å². The number of carbonyl (C=O) groups is 5. The highest BCUT2D eigenvalue weighted by Gasteiger charge is 2.62. The number of nitrogens with one attached hydrogen (secondary N) is 3. The predicted octanol–water partition coefficient (Wildman–Crippen LogP) is 2.73. The van der Waals surface area contributed by atoms with Crippen LogP contribution in [0, 0.1) is 11.3 Å². The number of nitrogens with zero attached hydrogens (tertiary/aromatic N) is 2. The van der Waals surface area contributed by atoms with Crippen LogP contribution in [0.5, 0.6) is 0 Å². The number of cyclic esters (lactones) is 1. The number of benzene rings is 1. The molecule has 5 atom stereocenters. The van der Waals surface area contributed by atoms with Gasteiger partial charge in [-0.25, -0.2) is 18.0 Å². The number of hydrogen-bond acceptors (Lipinski definition) is 9. The van der Waals surface area contributed by atoms with Gasteiger partial charge in [0.1, 0.15) is 23.7 Å². The summed E-state index contributed by atoms with van der Waals surface area (Å²) in [5.74, 6) is -2.72. The molecule has 0 radical (unpaired) electrons. The summed E-state index contributed by atoms with van der Waals surface area (Å²) in [5.41, 5.74) is 0.553. The van der Waals surface area contributed by atoms with Crippen LogP contribution in [0.15, 0.2) is 36.9 Å². The van der Waals surface area contributed by atoms with Crippen LogP contribution in [0.1, 0.15) is 76.0 Å². The number of ether oxygens (including phenoxy) is 2. The Bertz CT molecular complexity index is 1730. The van der Waals surface area contributed by atoms with Crippen molar-refractivity contribution in [2.75, 3.05) is 13.2 Å². The molecule has 2 aliphatic carbocycles. The number of alkyl carbamates (subject to hydrolysis) is 1. The Hall–Kier alpha value is -4.40. The summed E-state index contributed by atoms with van der Waals surface area (Å²) >= 11 is 0. The van der Waals surface area contributed by atoms with Crippen molar-refractivity contribution in [2.24, 2.45) is 11.3 Å². The van der Waals surface area contributed by atoms with Gasteiger partial charge in [-0.05, 0) is 54.2 Å². The Kier molecular flexibility index (Phi) is 9.48. The molecule has 5 amide bonds. The van der Waals surface area contributed by atoms with Gasteiger partial charge < -0.3 is 25.0 Å². The zero-order chi connectivity index (χ0) is 36.0. The van der Waals surface area contributed by atoms with Gasteiger partial charge >= 0.3 is 12.2 Å². The summed E-state index contributed by atoms with van der Waals surface area (Å²) in [5, 5.41) is 4.76. The Morgan fingerprint density at radius 1 is 1.14 bits per heavy atom. The maximum atomic E-state index is 14.3. The molecule has 0 aromatic heterocycles. The molecule has 1 aromatic carbocycles.